The number of rotatable bonds is 12. The molecular formula is C33H32N2O4. The molecule has 4 aromatic rings. The van der Waals surface area contributed by atoms with Gasteiger partial charge in [0.2, 0.25) is 0 Å². The highest BCUT2D eigenvalue weighted by Gasteiger charge is 2.43. The third kappa shape index (κ3) is 6.84. The molecule has 0 bridgehead atoms. The van der Waals surface area contributed by atoms with Crippen molar-refractivity contribution in [2.45, 2.75) is 32.2 Å². The summed E-state index contributed by atoms with van der Waals surface area (Å²) in [4.78, 5) is 15.2. The average molecular weight is 521 g/mol. The summed E-state index contributed by atoms with van der Waals surface area (Å²) in [5.74, 6) is 0.584. The molecule has 4 rings (SSSR count). The number of ether oxygens (including phenoxy) is 3. The Morgan fingerprint density at radius 1 is 0.769 bits per heavy atom. The van der Waals surface area contributed by atoms with Crippen LogP contribution in [0.15, 0.2) is 109 Å². The third-order valence-corrected chi connectivity index (χ3v) is 6.67. The van der Waals surface area contributed by atoms with Gasteiger partial charge in [0.05, 0.1) is 19.7 Å². The summed E-state index contributed by atoms with van der Waals surface area (Å²) in [5, 5.41) is 9.68. The van der Waals surface area contributed by atoms with E-state index in [9.17, 15) is 10.1 Å². The largest absolute Gasteiger partial charge is 0.485 e. The zero-order chi connectivity index (χ0) is 27.5. The van der Waals surface area contributed by atoms with E-state index >= 15 is 0 Å². The normalized spacial score (nSPS) is 12.3. The Balaban J connectivity index is 1.72. The molecular weight excluding hydrogens is 488 g/mol. The van der Waals surface area contributed by atoms with Crippen LogP contribution in [-0.2, 0) is 34.8 Å². The van der Waals surface area contributed by atoms with Crippen molar-refractivity contribution in [3.05, 3.63) is 131 Å². The minimum absolute atomic E-state index is 0.0208. The highest BCUT2D eigenvalue weighted by atomic mass is 16.5. The van der Waals surface area contributed by atoms with Crippen molar-refractivity contribution in [2.75, 3.05) is 13.7 Å². The Bertz CT molecular complexity index is 1390. The molecule has 0 fully saturated rings. The van der Waals surface area contributed by atoms with Crippen LogP contribution in [0.1, 0.15) is 29.2 Å². The maximum Gasteiger partial charge on any atom is 0.330 e. The van der Waals surface area contributed by atoms with Gasteiger partial charge in [0.15, 0.2) is 11.5 Å². The van der Waals surface area contributed by atoms with Gasteiger partial charge in [0, 0.05) is 6.54 Å². The van der Waals surface area contributed by atoms with Crippen LogP contribution in [0.3, 0.4) is 0 Å². The predicted molar refractivity (Wildman–Crippen MR) is 150 cm³/mol. The van der Waals surface area contributed by atoms with E-state index in [1.807, 2.05) is 114 Å². The van der Waals surface area contributed by atoms with E-state index in [0.717, 1.165) is 16.7 Å². The van der Waals surface area contributed by atoms with Gasteiger partial charge in [-0.25, -0.2) is 4.79 Å². The molecule has 6 nitrogen and oxygen atoms in total. The van der Waals surface area contributed by atoms with E-state index in [1.165, 1.54) is 7.11 Å². The standard InChI is InChI=1S/C33H32N2O4/c1-33(32(36)37-2,35(21-20-34)23-26-12-6-3-7-13-26)29-18-19-30(38-24-27-14-8-4-9-15-27)31(22-29)39-25-28-16-10-5-11-17-28/h3-19,22H,21,23-25H2,1-2H3/t33-/m1/s1. The number of carbonyl (C=O) groups excluding carboxylic acids is 1. The van der Waals surface area contributed by atoms with Crippen LogP contribution >= 0.6 is 0 Å². The number of hydrogen-bond donors (Lipinski definition) is 0. The lowest BCUT2D eigenvalue weighted by Crippen LogP contribution is -2.50. The Hall–Kier alpha value is -4.60. The Morgan fingerprint density at radius 3 is 1.79 bits per heavy atom. The minimum Gasteiger partial charge on any atom is -0.485 e. The highest BCUT2D eigenvalue weighted by Crippen LogP contribution is 2.38. The van der Waals surface area contributed by atoms with Gasteiger partial charge in [-0.3, -0.25) is 4.90 Å². The molecule has 0 radical (unpaired) electrons. The molecule has 0 aliphatic rings. The fraction of sp³-hybridized carbons (Fsp3) is 0.212. The zero-order valence-corrected chi connectivity index (χ0v) is 22.2. The zero-order valence-electron chi connectivity index (χ0n) is 22.2. The summed E-state index contributed by atoms with van der Waals surface area (Å²) in [6, 6.07) is 37.1. The molecule has 0 saturated heterocycles. The van der Waals surface area contributed by atoms with Gasteiger partial charge < -0.3 is 14.2 Å². The minimum atomic E-state index is -1.26. The molecule has 1 atom stereocenters. The summed E-state index contributed by atoms with van der Waals surface area (Å²) in [7, 11) is 1.36. The van der Waals surface area contributed by atoms with E-state index in [4.69, 9.17) is 14.2 Å². The second kappa shape index (κ2) is 13.3. The van der Waals surface area contributed by atoms with E-state index in [1.54, 1.807) is 6.92 Å². The molecule has 0 spiro atoms. The second-order valence-electron chi connectivity index (χ2n) is 9.27. The van der Waals surface area contributed by atoms with E-state index in [2.05, 4.69) is 6.07 Å². The molecule has 198 valence electrons. The third-order valence-electron chi connectivity index (χ3n) is 6.67. The van der Waals surface area contributed by atoms with Crippen molar-refractivity contribution in [1.29, 1.82) is 5.26 Å². The fourth-order valence-electron chi connectivity index (χ4n) is 4.40. The lowest BCUT2D eigenvalue weighted by Gasteiger charge is -2.38. The molecule has 0 saturated carbocycles. The van der Waals surface area contributed by atoms with Crippen LogP contribution < -0.4 is 9.47 Å². The molecule has 0 N–H and O–H groups in total. The fourth-order valence-corrected chi connectivity index (χ4v) is 4.40. The number of hydrogen-bond acceptors (Lipinski definition) is 6. The van der Waals surface area contributed by atoms with E-state index in [0.29, 0.717) is 36.8 Å². The first-order valence-electron chi connectivity index (χ1n) is 12.8. The molecule has 0 aliphatic carbocycles. The van der Waals surface area contributed by atoms with Crippen molar-refractivity contribution in [3.8, 4) is 17.6 Å². The highest BCUT2D eigenvalue weighted by molar-refractivity contribution is 5.82. The first-order valence-corrected chi connectivity index (χ1v) is 12.8. The Kier molecular flexibility index (Phi) is 9.34. The van der Waals surface area contributed by atoms with Crippen LogP contribution in [0.4, 0.5) is 0 Å². The Labute approximate surface area is 230 Å². The molecule has 4 aromatic carbocycles. The molecule has 0 unspecified atom stereocenters. The second-order valence-corrected chi connectivity index (χ2v) is 9.27. The smallest absolute Gasteiger partial charge is 0.330 e. The van der Waals surface area contributed by atoms with Crippen LogP contribution in [0.5, 0.6) is 11.5 Å². The topological polar surface area (TPSA) is 71.8 Å². The van der Waals surface area contributed by atoms with Crippen molar-refractivity contribution >= 4 is 5.97 Å². The summed E-state index contributed by atoms with van der Waals surface area (Å²) < 4.78 is 17.7. The molecule has 0 heterocycles. The van der Waals surface area contributed by atoms with Gasteiger partial charge in [0.1, 0.15) is 18.8 Å². The summed E-state index contributed by atoms with van der Waals surface area (Å²) in [5.41, 5.74) is 2.38. The maximum absolute atomic E-state index is 13.4. The molecule has 0 aliphatic heterocycles. The van der Waals surface area contributed by atoms with Crippen molar-refractivity contribution < 1.29 is 19.0 Å². The monoisotopic (exact) mass is 520 g/mol. The first-order chi connectivity index (χ1) is 19.0. The average Bonchev–Trinajstić information content (AvgIpc) is 2.99. The van der Waals surface area contributed by atoms with Crippen LogP contribution in [-0.4, -0.2) is 24.5 Å². The summed E-state index contributed by atoms with van der Waals surface area (Å²) >= 11 is 0. The predicted octanol–water partition coefficient (Wildman–Crippen LogP) is 6.26. The van der Waals surface area contributed by atoms with Gasteiger partial charge in [-0.2, -0.15) is 5.26 Å². The lowest BCUT2D eigenvalue weighted by molar-refractivity contribution is -0.155. The van der Waals surface area contributed by atoms with Crippen LogP contribution in [0.2, 0.25) is 0 Å². The van der Waals surface area contributed by atoms with Gasteiger partial charge in [-0.15, -0.1) is 0 Å². The Morgan fingerprint density at radius 2 is 1.28 bits per heavy atom. The van der Waals surface area contributed by atoms with Crippen LogP contribution in [0, 0.1) is 11.3 Å². The number of nitriles is 1. The van der Waals surface area contributed by atoms with Crippen LogP contribution in [0.25, 0.3) is 0 Å². The number of benzene rings is 4. The van der Waals surface area contributed by atoms with Crippen molar-refractivity contribution in [2.24, 2.45) is 0 Å². The molecule has 0 aromatic heterocycles. The quantitative estimate of drug-likeness (QED) is 0.162. The van der Waals surface area contributed by atoms with Gasteiger partial charge >= 0.3 is 5.97 Å². The molecule has 0 amide bonds. The molecule has 39 heavy (non-hydrogen) atoms. The molecule has 6 heteroatoms. The number of methoxy groups -OCH3 is 1. The summed E-state index contributed by atoms with van der Waals surface area (Å²) in [6.45, 7) is 2.87. The van der Waals surface area contributed by atoms with Gasteiger partial charge in [-0.1, -0.05) is 97.1 Å². The first kappa shape index (κ1) is 27.4. The number of esters is 1. The van der Waals surface area contributed by atoms with Gasteiger partial charge in [0.25, 0.3) is 0 Å². The lowest BCUT2D eigenvalue weighted by atomic mass is 9.88. The summed E-state index contributed by atoms with van der Waals surface area (Å²) in [6.07, 6.45) is 0. The number of carbonyl (C=O) groups is 1. The van der Waals surface area contributed by atoms with E-state index in [-0.39, 0.29) is 6.54 Å². The van der Waals surface area contributed by atoms with Gasteiger partial charge in [-0.05, 0) is 41.3 Å². The SMILES string of the molecule is COC(=O)[C@@](C)(c1ccc(OCc2ccccc2)c(OCc2ccccc2)c1)N(CC#N)Cc1ccccc1. The van der Waals surface area contributed by atoms with E-state index < -0.39 is 11.5 Å². The number of nitrogens with zero attached hydrogens (tertiary/aromatic N) is 2. The van der Waals surface area contributed by atoms with Crippen molar-refractivity contribution in [1.82, 2.24) is 4.90 Å². The maximum atomic E-state index is 13.4. The van der Waals surface area contributed by atoms with Crippen molar-refractivity contribution in [3.63, 3.8) is 0 Å².